The molecule has 48 heavy (non-hydrogen) atoms. The van der Waals surface area contributed by atoms with Crippen molar-refractivity contribution in [1.82, 2.24) is 0 Å². The summed E-state index contributed by atoms with van der Waals surface area (Å²) in [7, 11) is 0. The SMILES string of the molecule is N#CC(C#N)=C1c2cc(C3=CC(F)=C(F)C(F)C3)ccc2-c2cc3c(cc21)C(=C(C#N)C#N)c1cc(-c2cc(F)c(F)c(F)c2)ccc1-3. The normalized spacial score (nSPS) is 15.3. The third kappa shape index (κ3) is 4.36. The minimum Gasteiger partial charge on any atom is -0.239 e. The molecule has 3 aliphatic carbocycles. The Labute approximate surface area is 268 Å². The van der Waals surface area contributed by atoms with Gasteiger partial charge in [0, 0.05) is 17.6 Å². The predicted molar refractivity (Wildman–Crippen MR) is 164 cm³/mol. The van der Waals surface area contributed by atoms with Crippen molar-refractivity contribution in [1.29, 1.82) is 21.0 Å². The quantitative estimate of drug-likeness (QED) is 0.107. The minimum atomic E-state index is -2.16. The van der Waals surface area contributed by atoms with E-state index in [1.165, 1.54) is 6.07 Å². The first-order valence-electron chi connectivity index (χ1n) is 14.2. The van der Waals surface area contributed by atoms with Gasteiger partial charge in [0.1, 0.15) is 35.4 Å². The highest BCUT2D eigenvalue weighted by atomic mass is 19.2. The van der Waals surface area contributed by atoms with Gasteiger partial charge in [0.2, 0.25) is 0 Å². The minimum absolute atomic E-state index is 0.0235. The van der Waals surface area contributed by atoms with Gasteiger partial charge in [-0.05, 0) is 109 Å². The first kappa shape index (κ1) is 30.1. The Kier molecular flexibility index (Phi) is 6.90. The smallest absolute Gasteiger partial charge is 0.194 e. The lowest BCUT2D eigenvalue weighted by molar-refractivity contribution is 0.314. The molecule has 3 aliphatic rings. The van der Waals surface area contributed by atoms with Crippen LogP contribution in [0.1, 0.15) is 34.2 Å². The van der Waals surface area contributed by atoms with Crippen molar-refractivity contribution >= 4 is 16.7 Å². The molecule has 0 saturated carbocycles. The highest BCUT2D eigenvalue weighted by Crippen LogP contribution is 2.54. The standard InChI is InChI=1S/C38H14F6N4/c39-31-7-19(8-32(40)37(31)43)17-1-3-23-25-11-26-24-4-2-18(20-9-33(41)38(44)34(42)10-20)6-28(24)36(22(15-47)16-48)30(26)12-29(25)35(27(23)5-17)21(13-45)14-46/h1-9,11-12,34H,10H2. The molecule has 7 rings (SSSR count). The average Bonchev–Trinajstić information content (AvgIpc) is 3.57. The van der Waals surface area contributed by atoms with Crippen molar-refractivity contribution in [2.45, 2.75) is 12.6 Å². The van der Waals surface area contributed by atoms with Gasteiger partial charge in [-0.2, -0.15) is 21.0 Å². The molecule has 1 unspecified atom stereocenters. The van der Waals surface area contributed by atoms with Crippen LogP contribution in [-0.4, -0.2) is 6.17 Å². The van der Waals surface area contributed by atoms with E-state index >= 15 is 0 Å². The van der Waals surface area contributed by atoms with Gasteiger partial charge >= 0.3 is 0 Å². The second-order valence-corrected chi connectivity index (χ2v) is 11.2. The molecule has 0 saturated heterocycles. The van der Waals surface area contributed by atoms with E-state index in [1.54, 1.807) is 42.5 Å². The number of nitrogens with zero attached hydrogens (tertiary/aromatic N) is 4. The summed E-state index contributed by atoms with van der Waals surface area (Å²) in [5.41, 5.74) is 4.67. The molecule has 1 atom stereocenters. The maximum Gasteiger partial charge on any atom is 0.194 e. The van der Waals surface area contributed by atoms with Crippen molar-refractivity contribution in [3.8, 4) is 57.7 Å². The van der Waals surface area contributed by atoms with Crippen LogP contribution in [0.15, 0.2) is 89.5 Å². The maximum atomic E-state index is 14.2. The summed E-state index contributed by atoms with van der Waals surface area (Å²) in [4.78, 5) is 0. The second kappa shape index (κ2) is 11.0. The molecule has 0 radical (unpaired) electrons. The third-order valence-corrected chi connectivity index (χ3v) is 8.69. The van der Waals surface area contributed by atoms with Gasteiger partial charge in [0.05, 0.1) is 0 Å². The molecule has 4 nitrogen and oxygen atoms in total. The zero-order valence-corrected chi connectivity index (χ0v) is 24.2. The van der Waals surface area contributed by atoms with Gasteiger partial charge in [0.25, 0.3) is 0 Å². The van der Waals surface area contributed by atoms with Gasteiger partial charge in [0.15, 0.2) is 35.3 Å². The lowest BCUT2D eigenvalue weighted by Gasteiger charge is -2.16. The van der Waals surface area contributed by atoms with Gasteiger partial charge in [-0.15, -0.1) is 0 Å². The molecule has 0 aliphatic heterocycles. The van der Waals surface area contributed by atoms with Crippen LogP contribution in [0.2, 0.25) is 0 Å². The largest absolute Gasteiger partial charge is 0.239 e. The average molecular weight is 641 g/mol. The van der Waals surface area contributed by atoms with Crippen molar-refractivity contribution in [3.05, 3.63) is 135 Å². The molecular weight excluding hydrogens is 626 g/mol. The lowest BCUT2D eigenvalue weighted by Crippen LogP contribution is -2.08. The van der Waals surface area contributed by atoms with Crippen molar-refractivity contribution < 1.29 is 26.3 Å². The van der Waals surface area contributed by atoms with E-state index in [4.69, 9.17) is 0 Å². The summed E-state index contributed by atoms with van der Waals surface area (Å²) in [5, 5.41) is 39.8. The van der Waals surface area contributed by atoms with E-state index in [2.05, 4.69) is 0 Å². The number of hydrogen-bond donors (Lipinski definition) is 0. The fourth-order valence-corrected chi connectivity index (χ4v) is 6.55. The molecule has 0 bridgehead atoms. The number of alkyl halides is 1. The highest BCUT2D eigenvalue weighted by molar-refractivity contribution is 6.11. The van der Waals surface area contributed by atoms with Gasteiger partial charge in [-0.25, -0.2) is 26.3 Å². The van der Waals surface area contributed by atoms with Crippen LogP contribution in [0.5, 0.6) is 0 Å². The van der Waals surface area contributed by atoms with E-state index in [9.17, 15) is 47.4 Å². The zero-order valence-electron chi connectivity index (χ0n) is 24.2. The molecule has 10 heteroatoms. The second-order valence-electron chi connectivity index (χ2n) is 11.2. The first-order chi connectivity index (χ1) is 23.1. The summed E-state index contributed by atoms with van der Waals surface area (Å²) in [6, 6.07) is 22.2. The predicted octanol–water partition coefficient (Wildman–Crippen LogP) is 9.71. The Hall–Kier alpha value is -6.62. The zero-order chi connectivity index (χ0) is 34.0. The van der Waals surface area contributed by atoms with E-state index in [1.807, 2.05) is 24.3 Å². The van der Waals surface area contributed by atoms with Crippen LogP contribution in [0.3, 0.4) is 0 Å². The Morgan fingerprint density at radius 2 is 1.00 bits per heavy atom. The van der Waals surface area contributed by atoms with Gasteiger partial charge in [-0.3, -0.25) is 0 Å². The Morgan fingerprint density at radius 3 is 1.50 bits per heavy atom. The van der Waals surface area contributed by atoms with Crippen LogP contribution in [-0.2, 0) is 0 Å². The first-order valence-corrected chi connectivity index (χ1v) is 14.2. The number of rotatable bonds is 2. The molecule has 228 valence electrons. The number of fused-ring (bicyclic) bond motifs is 6. The monoisotopic (exact) mass is 640 g/mol. The van der Waals surface area contributed by atoms with Crippen LogP contribution in [0, 0.1) is 62.8 Å². The molecule has 4 aromatic rings. The lowest BCUT2D eigenvalue weighted by atomic mass is 9.91. The van der Waals surface area contributed by atoms with Gasteiger partial charge < -0.3 is 0 Å². The number of nitriles is 4. The number of allylic oxidation sites excluding steroid dienone is 6. The maximum absolute atomic E-state index is 14.2. The molecule has 4 aromatic carbocycles. The summed E-state index contributed by atoms with van der Waals surface area (Å²) in [6.45, 7) is 0. The molecule has 0 aromatic heterocycles. The van der Waals surface area contributed by atoms with Crippen LogP contribution in [0.25, 0.3) is 50.1 Å². The van der Waals surface area contributed by atoms with Crippen molar-refractivity contribution in [3.63, 3.8) is 0 Å². The number of halogens is 6. The number of hydrogen-bond acceptors (Lipinski definition) is 4. The number of benzene rings is 4. The summed E-state index contributed by atoms with van der Waals surface area (Å²) in [6.07, 6.45) is -1.68. The summed E-state index contributed by atoms with van der Waals surface area (Å²) in [5.74, 6) is -7.21. The summed E-state index contributed by atoms with van der Waals surface area (Å²) >= 11 is 0. The summed E-state index contributed by atoms with van der Waals surface area (Å²) < 4.78 is 84.1. The van der Waals surface area contributed by atoms with Gasteiger partial charge in [-0.1, -0.05) is 24.3 Å². The van der Waals surface area contributed by atoms with E-state index in [-0.39, 0.29) is 39.0 Å². The Balaban J connectivity index is 1.46. The fraction of sp³-hybridized carbons (Fsp3) is 0.0526. The fourth-order valence-electron chi connectivity index (χ4n) is 6.55. The molecule has 0 spiro atoms. The van der Waals surface area contributed by atoms with E-state index in [0.717, 1.165) is 18.2 Å². The van der Waals surface area contributed by atoms with Crippen molar-refractivity contribution in [2.24, 2.45) is 0 Å². The topological polar surface area (TPSA) is 95.2 Å². The molecule has 0 N–H and O–H groups in total. The van der Waals surface area contributed by atoms with E-state index in [0.29, 0.717) is 50.1 Å². The molecular formula is C38H14F6N4. The molecule has 0 fully saturated rings. The Bertz CT molecular complexity index is 2440. The van der Waals surface area contributed by atoms with Crippen molar-refractivity contribution in [2.75, 3.05) is 0 Å². The third-order valence-electron chi connectivity index (χ3n) is 8.69. The van der Waals surface area contributed by atoms with Crippen LogP contribution < -0.4 is 0 Å². The van der Waals surface area contributed by atoms with Crippen LogP contribution >= 0.6 is 0 Å². The highest BCUT2D eigenvalue weighted by Gasteiger charge is 2.34. The Morgan fingerprint density at radius 1 is 0.542 bits per heavy atom. The van der Waals surface area contributed by atoms with Crippen LogP contribution in [0.4, 0.5) is 26.3 Å². The molecule has 0 amide bonds. The van der Waals surface area contributed by atoms with E-state index < -0.39 is 41.7 Å². The molecule has 0 heterocycles.